The first kappa shape index (κ1) is 13.4. The molecule has 0 radical (unpaired) electrons. The summed E-state index contributed by atoms with van der Waals surface area (Å²) in [5, 5.41) is 13.0. The summed E-state index contributed by atoms with van der Waals surface area (Å²) in [5.41, 5.74) is 4.22. The highest BCUT2D eigenvalue weighted by atomic mass is 16.6. The van der Waals surface area contributed by atoms with Gasteiger partial charge < -0.3 is 15.8 Å². The number of nitrogens with zero attached hydrogens (tertiary/aromatic N) is 1. The van der Waals surface area contributed by atoms with E-state index in [0.717, 1.165) is 0 Å². The van der Waals surface area contributed by atoms with Gasteiger partial charge in [-0.1, -0.05) is 6.07 Å². The lowest BCUT2D eigenvalue weighted by atomic mass is 10.1. The largest absolute Gasteiger partial charge is 0.496 e. The predicted molar refractivity (Wildman–Crippen MR) is 61.2 cm³/mol. The minimum Gasteiger partial charge on any atom is -0.496 e. The van der Waals surface area contributed by atoms with Crippen molar-refractivity contribution in [3.8, 4) is 5.75 Å². The molecule has 1 rings (SSSR count). The van der Waals surface area contributed by atoms with Crippen LogP contribution < -0.4 is 15.8 Å². The molecule has 18 heavy (non-hydrogen) atoms. The van der Waals surface area contributed by atoms with E-state index in [1.807, 2.05) is 0 Å². The number of nitro groups is 1. The number of hydrogen-bond donors (Lipinski definition) is 2. The van der Waals surface area contributed by atoms with E-state index in [0.29, 0.717) is 0 Å². The van der Waals surface area contributed by atoms with Crippen molar-refractivity contribution in [3.63, 3.8) is 0 Å². The van der Waals surface area contributed by atoms with E-state index in [9.17, 15) is 19.7 Å². The highest BCUT2D eigenvalue weighted by molar-refractivity contribution is 6.02. The Hall–Kier alpha value is -2.64. The van der Waals surface area contributed by atoms with Crippen molar-refractivity contribution in [2.45, 2.75) is 0 Å². The fourth-order valence-electron chi connectivity index (χ4n) is 1.33. The van der Waals surface area contributed by atoms with Crippen LogP contribution in [0.2, 0.25) is 0 Å². The monoisotopic (exact) mass is 253 g/mol. The van der Waals surface area contributed by atoms with Crippen LogP contribution in [0.3, 0.4) is 0 Å². The number of nitrogens with one attached hydrogen (secondary N) is 1. The standard InChI is InChI=1S/C10H11N3O5/c1-18-7-4-2-3-6(13(16)17)9(7)10(15)12-5-8(11)14/h2-4H,5H2,1H3,(H2,11,14)(H,12,15). The summed E-state index contributed by atoms with van der Waals surface area (Å²) >= 11 is 0. The van der Waals surface area contributed by atoms with E-state index < -0.39 is 29.0 Å². The average Bonchev–Trinajstić information content (AvgIpc) is 2.34. The van der Waals surface area contributed by atoms with Crippen LogP contribution in [0.15, 0.2) is 18.2 Å². The molecule has 0 aliphatic carbocycles. The Morgan fingerprint density at radius 1 is 1.50 bits per heavy atom. The molecule has 1 aromatic rings. The summed E-state index contributed by atoms with van der Waals surface area (Å²) in [6.07, 6.45) is 0. The number of amides is 2. The minimum absolute atomic E-state index is 0.0474. The second-order valence-electron chi connectivity index (χ2n) is 3.26. The van der Waals surface area contributed by atoms with Gasteiger partial charge in [0.2, 0.25) is 5.91 Å². The second-order valence-corrected chi connectivity index (χ2v) is 3.26. The lowest BCUT2D eigenvalue weighted by Gasteiger charge is -2.08. The highest BCUT2D eigenvalue weighted by Crippen LogP contribution is 2.27. The number of nitrogens with two attached hydrogens (primary N) is 1. The van der Waals surface area contributed by atoms with Gasteiger partial charge in [0.25, 0.3) is 11.6 Å². The van der Waals surface area contributed by atoms with Gasteiger partial charge in [0.1, 0.15) is 5.75 Å². The Morgan fingerprint density at radius 3 is 2.67 bits per heavy atom. The third-order valence-corrected chi connectivity index (χ3v) is 2.07. The molecule has 3 N–H and O–H groups in total. The number of nitro benzene ring substituents is 1. The van der Waals surface area contributed by atoms with Crippen molar-refractivity contribution in [2.75, 3.05) is 13.7 Å². The van der Waals surface area contributed by atoms with E-state index in [-0.39, 0.29) is 11.3 Å². The van der Waals surface area contributed by atoms with E-state index in [1.165, 1.54) is 25.3 Å². The topological polar surface area (TPSA) is 125 Å². The lowest BCUT2D eigenvalue weighted by molar-refractivity contribution is -0.385. The van der Waals surface area contributed by atoms with Crippen molar-refractivity contribution in [3.05, 3.63) is 33.9 Å². The van der Waals surface area contributed by atoms with Gasteiger partial charge in [-0.2, -0.15) is 0 Å². The fourth-order valence-corrected chi connectivity index (χ4v) is 1.33. The zero-order chi connectivity index (χ0) is 13.7. The molecule has 0 spiro atoms. The van der Waals surface area contributed by atoms with Gasteiger partial charge >= 0.3 is 0 Å². The molecular formula is C10H11N3O5. The number of carbonyl (C=O) groups excluding carboxylic acids is 2. The van der Waals surface area contributed by atoms with Gasteiger partial charge in [0.05, 0.1) is 18.6 Å². The number of hydrogen-bond acceptors (Lipinski definition) is 5. The Kier molecular flexibility index (Phi) is 4.19. The number of rotatable bonds is 5. The third kappa shape index (κ3) is 2.94. The second kappa shape index (κ2) is 5.62. The van der Waals surface area contributed by atoms with Gasteiger partial charge in [-0.3, -0.25) is 19.7 Å². The van der Waals surface area contributed by atoms with E-state index in [1.54, 1.807) is 0 Å². The van der Waals surface area contributed by atoms with Crippen LogP contribution in [0.25, 0.3) is 0 Å². The molecule has 0 bridgehead atoms. The molecule has 0 aromatic heterocycles. The molecule has 0 aliphatic rings. The van der Waals surface area contributed by atoms with Crippen LogP contribution in [-0.2, 0) is 4.79 Å². The number of methoxy groups -OCH3 is 1. The van der Waals surface area contributed by atoms with Crippen LogP contribution >= 0.6 is 0 Å². The first-order valence-corrected chi connectivity index (χ1v) is 4.85. The van der Waals surface area contributed by atoms with E-state index in [4.69, 9.17) is 10.5 Å². The van der Waals surface area contributed by atoms with Crippen molar-refractivity contribution in [1.29, 1.82) is 0 Å². The van der Waals surface area contributed by atoms with Gasteiger partial charge in [0.15, 0.2) is 5.56 Å². The Bertz CT molecular complexity index is 500. The number of carbonyl (C=O) groups is 2. The summed E-state index contributed by atoms with van der Waals surface area (Å²) in [4.78, 5) is 32.4. The minimum atomic E-state index is -0.794. The number of ether oxygens (including phenoxy) is 1. The molecule has 8 nitrogen and oxygen atoms in total. The molecule has 0 atom stereocenters. The van der Waals surface area contributed by atoms with Gasteiger partial charge in [-0.25, -0.2) is 0 Å². The number of primary amides is 1. The fraction of sp³-hybridized carbons (Fsp3) is 0.200. The smallest absolute Gasteiger partial charge is 0.285 e. The molecule has 0 aliphatic heterocycles. The first-order chi connectivity index (χ1) is 8.47. The van der Waals surface area contributed by atoms with Crippen LogP contribution in [0, 0.1) is 10.1 Å². The molecule has 8 heteroatoms. The molecule has 0 saturated heterocycles. The molecule has 0 unspecified atom stereocenters. The molecular weight excluding hydrogens is 242 g/mol. The Morgan fingerprint density at radius 2 is 2.17 bits per heavy atom. The Balaban J connectivity index is 3.15. The van der Waals surface area contributed by atoms with Crippen molar-refractivity contribution in [1.82, 2.24) is 5.32 Å². The zero-order valence-electron chi connectivity index (χ0n) is 9.50. The summed E-state index contributed by atoms with van der Waals surface area (Å²) in [6, 6.07) is 3.97. The zero-order valence-corrected chi connectivity index (χ0v) is 9.50. The maximum absolute atomic E-state index is 11.8. The summed E-state index contributed by atoms with van der Waals surface area (Å²) in [7, 11) is 1.28. The van der Waals surface area contributed by atoms with E-state index in [2.05, 4.69) is 5.32 Å². The van der Waals surface area contributed by atoms with Crippen LogP contribution in [0.4, 0.5) is 5.69 Å². The molecule has 0 saturated carbocycles. The molecule has 0 heterocycles. The Labute approximate surface area is 102 Å². The molecule has 0 fully saturated rings. The summed E-state index contributed by atoms with van der Waals surface area (Å²) in [6.45, 7) is -0.409. The van der Waals surface area contributed by atoms with Crippen molar-refractivity contribution < 1.29 is 19.2 Å². The summed E-state index contributed by atoms with van der Waals surface area (Å²) in [5.74, 6) is -1.50. The summed E-state index contributed by atoms with van der Waals surface area (Å²) < 4.78 is 4.88. The average molecular weight is 253 g/mol. The van der Waals surface area contributed by atoms with Crippen molar-refractivity contribution >= 4 is 17.5 Å². The quantitative estimate of drug-likeness (QED) is 0.556. The normalized spacial score (nSPS) is 9.61. The van der Waals surface area contributed by atoms with Crippen LogP contribution in [0.5, 0.6) is 5.75 Å². The third-order valence-electron chi connectivity index (χ3n) is 2.07. The molecule has 1 aromatic carbocycles. The first-order valence-electron chi connectivity index (χ1n) is 4.85. The van der Waals surface area contributed by atoms with Crippen LogP contribution in [0.1, 0.15) is 10.4 Å². The molecule has 2 amide bonds. The maximum Gasteiger partial charge on any atom is 0.285 e. The highest BCUT2D eigenvalue weighted by Gasteiger charge is 2.24. The van der Waals surface area contributed by atoms with Gasteiger partial charge in [-0.05, 0) is 6.07 Å². The lowest BCUT2D eigenvalue weighted by Crippen LogP contribution is -2.33. The van der Waals surface area contributed by atoms with Gasteiger partial charge in [-0.15, -0.1) is 0 Å². The van der Waals surface area contributed by atoms with Gasteiger partial charge in [0, 0.05) is 6.07 Å². The van der Waals surface area contributed by atoms with E-state index >= 15 is 0 Å². The van der Waals surface area contributed by atoms with Crippen molar-refractivity contribution in [2.24, 2.45) is 5.73 Å². The SMILES string of the molecule is COc1cccc([N+](=O)[O-])c1C(=O)NCC(N)=O. The maximum atomic E-state index is 11.8. The molecule has 96 valence electrons. The predicted octanol–water partition coefficient (Wildman–Crippen LogP) is -0.182. The number of benzene rings is 1. The van der Waals surface area contributed by atoms with Crippen LogP contribution in [-0.4, -0.2) is 30.4 Å².